The first-order valence-electron chi connectivity index (χ1n) is 9.49. The van der Waals surface area contributed by atoms with E-state index in [1.165, 1.54) is 18.4 Å². The van der Waals surface area contributed by atoms with Gasteiger partial charge >= 0.3 is 0 Å². The van der Waals surface area contributed by atoms with E-state index in [9.17, 15) is 9.59 Å². The number of nitrogens with zero attached hydrogens (tertiary/aromatic N) is 1. The van der Waals surface area contributed by atoms with E-state index in [1.54, 1.807) is 6.92 Å². The van der Waals surface area contributed by atoms with E-state index in [2.05, 4.69) is 22.0 Å². The second-order valence-corrected chi connectivity index (χ2v) is 7.58. The van der Waals surface area contributed by atoms with Crippen LogP contribution in [0, 0.1) is 0 Å². The minimum atomic E-state index is 0.0758. The maximum absolute atomic E-state index is 12.2. The molecule has 0 aliphatic heterocycles. The fourth-order valence-electron chi connectivity index (χ4n) is 4.28. The normalized spacial score (nSPS) is 16.6. The van der Waals surface area contributed by atoms with E-state index in [0.717, 1.165) is 52.5 Å². The topological polar surface area (TPSA) is 51.1 Å². The largest absolute Gasteiger partial charge is 0.339 e. The average molecular weight is 346 g/mol. The zero-order chi connectivity index (χ0) is 17.8. The second-order valence-electron chi connectivity index (χ2n) is 7.58. The molecule has 1 fully saturated rings. The molecule has 0 saturated heterocycles. The van der Waals surface area contributed by atoms with Crippen LogP contribution in [0.25, 0.3) is 21.8 Å². The Kier molecular flexibility index (Phi) is 3.50. The number of aromatic nitrogens is 1. The molecule has 0 unspecified atom stereocenters. The molecule has 0 atom stereocenters. The van der Waals surface area contributed by atoms with E-state index in [4.69, 9.17) is 0 Å². The number of rotatable bonds is 5. The first kappa shape index (κ1) is 15.8. The van der Waals surface area contributed by atoms with Crippen LogP contribution in [0.2, 0.25) is 0 Å². The second kappa shape index (κ2) is 5.78. The van der Waals surface area contributed by atoms with Crippen molar-refractivity contribution in [2.75, 3.05) is 6.54 Å². The summed E-state index contributed by atoms with van der Waals surface area (Å²) in [6.45, 7) is 3.44. The molecule has 0 radical (unpaired) electrons. The SMILES string of the molecule is CC(=O)c1ccc2c(c1)c1c3c(ccc1n2CCNC1CC1)C(=O)CC3. The molecule has 2 aromatic carbocycles. The molecule has 26 heavy (non-hydrogen) atoms. The van der Waals surface area contributed by atoms with Gasteiger partial charge in [0.2, 0.25) is 0 Å². The van der Waals surface area contributed by atoms with Gasteiger partial charge in [-0.2, -0.15) is 0 Å². The van der Waals surface area contributed by atoms with Crippen LogP contribution in [0.5, 0.6) is 0 Å². The van der Waals surface area contributed by atoms with Gasteiger partial charge < -0.3 is 9.88 Å². The zero-order valence-corrected chi connectivity index (χ0v) is 15.0. The molecule has 1 aromatic heterocycles. The summed E-state index contributed by atoms with van der Waals surface area (Å²) in [6.07, 6.45) is 3.96. The third-order valence-electron chi connectivity index (χ3n) is 5.79. The van der Waals surface area contributed by atoms with Gasteiger partial charge in [0.05, 0.1) is 0 Å². The van der Waals surface area contributed by atoms with Gasteiger partial charge in [-0.15, -0.1) is 0 Å². The van der Waals surface area contributed by atoms with Crippen molar-refractivity contribution in [2.24, 2.45) is 0 Å². The Balaban J connectivity index is 1.73. The molecular weight excluding hydrogens is 324 g/mol. The molecule has 2 aliphatic rings. The molecule has 0 bridgehead atoms. The molecule has 0 spiro atoms. The van der Waals surface area contributed by atoms with Gasteiger partial charge in [0.1, 0.15) is 0 Å². The third kappa shape index (κ3) is 2.40. The highest BCUT2D eigenvalue weighted by Gasteiger charge is 2.25. The number of ketones is 2. The lowest BCUT2D eigenvalue weighted by Crippen LogP contribution is -2.21. The van der Waals surface area contributed by atoms with Gasteiger partial charge in [-0.3, -0.25) is 9.59 Å². The molecule has 1 saturated carbocycles. The van der Waals surface area contributed by atoms with Crippen molar-refractivity contribution in [2.45, 2.75) is 45.2 Å². The maximum Gasteiger partial charge on any atom is 0.163 e. The highest BCUT2D eigenvalue weighted by atomic mass is 16.1. The summed E-state index contributed by atoms with van der Waals surface area (Å²) < 4.78 is 2.34. The van der Waals surface area contributed by atoms with Crippen molar-refractivity contribution in [3.8, 4) is 0 Å². The van der Waals surface area contributed by atoms with E-state index in [1.807, 2.05) is 18.2 Å². The van der Waals surface area contributed by atoms with Gasteiger partial charge in [-0.1, -0.05) is 0 Å². The van der Waals surface area contributed by atoms with Crippen molar-refractivity contribution in [1.29, 1.82) is 0 Å². The van der Waals surface area contributed by atoms with Crippen molar-refractivity contribution < 1.29 is 9.59 Å². The minimum absolute atomic E-state index is 0.0758. The number of benzene rings is 2. The van der Waals surface area contributed by atoms with E-state index in [0.29, 0.717) is 12.5 Å². The highest BCUT2D eigenvalue weighted by Crippen LogP contribution is 2.37. The Bertz CT molecular complexity index is 1070. The molecule has 132 valence electrons. The third-order valence-corrected chi connectivity index (χ3v) is 5.79. The predicted molar refractivity (Wildman–Crippen MR) is 103 cm³/mol. The van der Waals surface area contributed by atoms with Gasteiger partial charge in [-0.25, -0.2) is 0 Å². The van der Waals surface area contributed by atoms with Crippen molar-refractivity contribution in [3.63, 3.8) is 0 Å². The maximum atomic E-state index is 12.2. The number of nitrogens with one attached hydrogen (secondary N) is 1. The highest BCUT2D eigenvalue weighted by molar-refractivity contribution is 6.16. The summed E-state index contributed by atoms with van der Waals surface area (Å²) >= 11 is 0. The van der Waals surface area contributed by atoms with Crippen molar-refractivity contribution >= 4 is 33.4 Å². The number of fused-ring (bicyclic) bond motifs is 5. The van der Waals surface area contributed by atoms with Gasteiger partial charge in [0.25, 0.3) is 0 Å². The fourth-order valence-corrected chi connectivity index (χ4v) is 4.28. The lowest BCUT2D eigenvalue weighted by Gasteiger charge is -2.09. The molecule has 3 aromatic rings. The lowest BCUT2D eigenvalue weighted by molar-refractivity contribution is 0.0991. The summed E-state index contributed by atoms with van der Waals surface area (Å²) in [5.41, 5.74) is 5.07. The number of Topliss-reactive ketones (excluding diaryl/α,β-unsaturated/α-hetero) is 2. The molecule has 4 nitrogen and oxygen atoms in total. The van der Waals surface area contributed by atoms with Crippen LogP contribution in [0.3, 0.4) is 0 Å². The summed E-state index contributed by atoms with van der Waals surface area (Å²) in [7, 11) is 0. The first-order valence-corrected chi connectivity index (χ1v) is 9.49. The smallest absolute Gasteiger partial charge is 0.163 e. The van der Waals surface area contributed by atoms with Crippen molar-refractivity contribution in [3.05, 3.63) is 47.0 Å². The van der Waals surface area contributed by atoms with Crippen LogP contribution >= 0.6 is 0 Å². The summed E-state index contributed by atoms with van der Waals surface area (Å²) in [6, 6.07) is 10.7. The lowest BCUT2D eigenvalue weighted by atomic mass is 10.0. The Morgan fingerprint density at radius 2 is 1.96 bits per heavy atom. The molecule has 1 heterocycles. The first-order chi connectivity index (χ1) is 12.6. The number of hydrogen-bond acceptors (Lipinski definition) is 3. The average Bonchev–Trinajstić information content (AvgIpc) is 3.31. The summed E-state index contributed by atoms with van der Waals surface area (Å²) in [5, 5.41) is 5.85. The van der Waals surface area contributed by atoms with Gasteiger partial charge in [0.15, 0.2) is 11.6 Å². The molecule has 0 amide bonds. The molecule has 4 heteroatoms. The molecule has 2 aliphatic carbocycles. The van der Waals surface area contributed by atoms with Gasteiger partial charge in [0, 0.05) is 58.5 Å². The monoisotopic (exact) mass is 346 g/mol. The molecule has 1 N–H and O–H groups in total. The quantitative estimate of drug-likeness (QED) is 0.713. The number of hydrogen-bond donors (Lipinski definition) is 1. The van der Waals surface area contributed by atoms with Gasteiger partial charge in [-0.05, 0) is 62.1 Å². The molecule has 5 rings (SSSR count). The Labute approximate surface area is 152 Å². The Morgan fingerprint density at radius 1 is 1.15 bits per heavy atom. The van der Waals surface area contributed by atoms with E-state index >= 15 is 0 Å². The fraction of sp³-hybridized carbons (Fsp3) is 0.364. The minimum Gasteiger partial charge on any atom is -0.339 e. The standard InChI is InChI=1S/C22H22N2O2/c1-13(25)14-2-7-19-18(12-14)22-17-6-9-21(26)16(17)5-8-20(22)24(19)11-10-23-15-3-4-15/h2,5,7-8,12,15,23H,3-4,6,9-11H2,1H3. The van der Waals surface area contributed by atoms with Crippen LogP contribution in [0.4, 0.5) is 0 Å². The van der Waals surface area contributed by atoms with Crippen LogP contribution < -0.4 is 5.32 Å². The zero-order valence-electron chi connectivity index (χ0n) is 15.0. The number of aryl methyl sites for hydroxylation is 1. The van der Waals surface area contributed by atoms with E-state index in [-0.39, 0.29) is 11.6 Å². The summed E-state index contributed by atoms with van der Waals surface area (Å²) in [4.78, 5) is 24.1. The summed E-state index contributed by atoms with van der Waals surface area (Å²) in [5.74, 6) is 0.313. The predicted octanol–water partition coefficient (Wildman–Crippen LogP) is 3.88. The van der Waals surface area contributed by atoms with Crippen LogP contribution in [-0.2, 0) is 13.0 Å². The number of carbonyl (C=O) groups is 2. The van der Waals surface area contributed by atoms with E-state index < -0.39 is 0 Å². The molecular formula is C22H22N2O2. The Morgan fingerprint density at radius 3 is 2.73 bits per heavy atom. The Hall–Kier alpha value is -2.46. The number of carbonyl (C=O) groups excluding carboxylic acids is 2. The van der Waals surface area contributed by atoms with Crippen LogP contribution in [0.1, 0.15) is 52.5 Å². The van der Waals surface area contributed by atoms with Crippen molar-refractivity contribution in [1.82, 2.24) is 9.88 Å². The van der Waals surface area contributed by atoms with Crippen LogP contribution in [0.15, 0.2) is 30.3 Å². The van der Waals surface area contributed by atoms with Crippen LogP contribution in [-0.4, -0.2) is 28.7 Å².